The minimum atomic E-state index is -1.67. The monoisotopic (exact) mass is 525 g/mol. The second-order valence-corrected chi connectivity index (χ2v) is 8.69. The fraction of sp³-hybridized carbons (Fsp3) is 0.208. The summed E-state index contributed by atoms with van der Waals surface area (Å²) in [5.74, 6) is -3.12. The minimum Gasteiger partial charge on any atom is -0.440 e. The first-order valence-electron chi connectivity index (χ1n) is 10.2. The van der Waals surface area contributed by atoms with Gasteiger partial charge < -0.3 is 24.6 Å². The number of aliphatic hydroxyl groups is 2. The van der Waals surface area contributed by atoms with Crippen LogP contribution in [0.15, 0.2) is 54.6 Å². The minimum absolute atomic E-state index is 0.0378. The van der Waals surface area contributed by atoms with Crippen molar-refractivity contribution in [2.24, 2.45) is 0 Å². The van der Waals surface area contributed by atoms with Crippen molar-refractivity contribution in [2.75, 3.05) is 26.3 Å². The summed E-state index contributed by atoms with van der Waals surface area (Å²) in [6.07, 6.45) is 0. The molecule has 1 heterocycles. The number of fused-ring (bicyclic) bond motifs is 1. The van der Waals surface area contributed by atoms with Gasteiger partial charge in [0.25, 0.3) is 5.91 Å². The maximum absolute atomic E-state index is 15.0. The lowest BCUT2D eigenvalue weighted by atomic mass is 9.97. The Morgan fingerprint density at radius 2 is 1.50 bits per heavy atom. The third kappa shape index (κ3) is 4.42. The molecule has 0 aliphatic carbocycles. The van der Waals surface area contributed by atoms with E-state index in [4.69, 9.17) is 44.3 Å². The Morgan fingerprint density at radius 1 is 0.882 bits per heavy atom. The molecule has 0 saturated heterocycles. The lowest BCUT2D eigenvalue weighted by Gasteiger charge is -2.30. The average Bonchev–Trinajstić information content (AvgIpc) is 3.17. The number of hydrogen-bond donors (Lipinski definition) is 2. The van der Waals surface area contributed by atoms with E-state index in [1.54, 1.807) is 36.4 Å². The number of nitrogens with zero attached hydrogens (tertiary/aromatic N) is 1. The quantitative estimate of drug-likeness (QED) is 0.459. The first-order valence-corrected chi connectivity index (χ1v) is 11.4. The fourth-order valence-corrected chi connectivity index (χ4v) is 4.56. The molecule has 10 heteroatoms. The summed E-state index contributed by atoms with van der Waals surface area (Å²) in [5, 5.41) is 19.4. The van der Waals surface area contributed by atoms with Gasteiger partial charge in [0, 0.05) is 24.2 Å². The van der Waals surface area contributed by atoms with Crippen LogP contribution in [0.25, 0.3) is 0 Å². The van der Waals surface area contributed by atoms with Crippen LogP contribution in [-0.2, 0) is 5.79 Å². The molecule has 1 aliphatic heterocycles. The number of rotatable bonds is 7. The van der Waals surface area contributed by atoms with Gasteiger partial charge in [0.15, 0.2) is 11.5 Å². The summed E-state index contributed by atoms with van der Waals surface area (Å²) in [7, 11) is 0. The van der Waals surface area contributed by atoms with E-state index < -0.39 is 17.5 Å². The highest BCUT2D eigenvalue weighted by atomic mass is 35.5. The van der Waals surface area contributed by atoms with E-state index in [1.807, 2.05) is 0 Å². The van der Waals surface area contributed by atoms with Crippen LogP contribution in [0.3, 0.4) is 0 Å². The second-order valence-electron chi connectivity index (χ2n) is 7.44. The number of hydrogen-bond acceptors (Lipinski definition) is 5. The van der Waals surface area contributed by atoms with Gasteiger partial charge in [0.1, 0.15) is 5.82 Å². The van der Waals surface area contributed by atoms with E-state index in [2.05, 4.69) is 0 Å². The van der Waals surface area contributed by atoms with Crippen LogP contribution >= 0.6 is 34.8 Å². The van der Waals surface area contributed by atoms with E-state index in [0.29, 0.717) is 21.2 Å². The van der Waals surface area contributed by atoms with Gasteiger partial charge in [-0.2, -0.15) is 0 Å². The van der Waals surface area contributed by atoms with Crippen LogP contribution < -0.4 is 9.47 Å². The summed E-state index contributed by atoms with van der Waals surface area (Å²) >= 11 is 19.1. The van der Waals surface area contributed by atoms with E-state index in [9.17, 15) is 15.0 Å². The largest absolute Gasteiger partial charge is 0.440 e. The molecule has 1 amide bonds. The summed E-state index contributed by atoms with van der Waals surface area (Å²) in [6, 6.07) is 13.8. The van der Waals surface area contributed by atoms with Gasteiger partial charge in [0.2, 0.25) is 0 Å². The van der Waals surface area contributed by atoms with Crippen LogP contribution in [-0.4, -0.2) is 47.3 Å². The van der Waals surface area contributed by atoms with Crippen molar-refractivity contribution in [3.05, 3.63) is 92.2 Å². The maximum Gasteiger partial charge on any atom is 0.308 e. The van der Waals surface area contributed by atoms with Crippen LogP contribution in [0, 0.1) is 5.82 Å². The standard InChI is InChI=1S/C24H19Cl3FNO5/c25-14-5-6-17(19(27)11-14)24(16-3-1-2-4-18(16)26)33-21-12-15(20(28)13-22(21)34-24)23(32)29(7-9-30)8-10-31/h1-6,11-13,30-31H,7-10H2. The Labute approximate surface area is 210 Å². The zero-order valence-corrected chi connectivity index (χ0v) is 19.9. The zero-order valence-electron chi connectivity index (χ0n) is 17.6. The highest BCUT2D eigenvalue weighted by Gasteiger charge is 2.48. The molecule has 0 spiro atoms. The normalized spacial score (nSPS) is 16.5. The van der Waals surface area contributed by atoms with Crippen LogP contribution in [0.1, 0.15) is 21.5 Å². The van der Waals surface area contributed by atoms with E-state index in [1.165, 1.54) is 12.1 Å². The average molecular weight is 527 g/mol. The molecule has 34 heavy (non-hydrogen) atoms. The van der Waals surface area contributed by atoms with Gasteiger partial charge in [0.05, 0.1) is 39.9 Å². The molecule has 0 aromatic heterocycles. The van der Waals surface area contributed by atoms with Gasteiger partial charge >= 0.3 is 5.79 Å². The first kappa shape index (κ1) is 24.6. The molecule has 178 valence electrons. The molecule has 0 fully saturated rings. The lowest BCUT2D eigenvalue weighted by Crippen LogP contribution is -2.37. The molecule has 0 bridgehead atoms. The number of ether oxygens (including phenoxy) is 2. The molecule has 1 atom stereocenters. The van der Waals surface area contributed by atoms with Crippen molar-refractivity contribution in [2.45, 2.75) is 5.79 Å². The molecule has 0 saturated carbocycles. The number of benzene rings is 3. The maximum atomic E-state index is 15.0. The van der Waals surface area contributed by atoms with Gasteiger partial charge in [-0.1, -0.05) is 46.9 Å². The van der Waals surface area contributed by atoms with Crippen molar-refractivity contribution in [1.82, 2.24) is 4.90 Å². The molecular formula is C24H19Cl3FNO5. The first-order chi connectivity index (χ1) is 16.3. The van der Waals surface area contributed by atoms with Crippen molar-refractivity contribution in [1.29, 1.82) is 0 Å². The van der Waals surface area contributed by atoms with Crippen molar-refractivity contribution >= 4 is 40.7 Å². The third-order valence-electron chi connectivity index (χ3n) is 5.31. The molecule has 0 radical (unpaired) electrons. The lowest BCUT2D eigenvalue weighted by molar-refractivity contribution is -0.0457. The van der Waals surface area contributed by atoms with Crippen LogP contribution in [0.2, 0.25) is 15.1 Å². The summed E-state index contributed by atoms with van der Waals surface area (Å²) in [6.45, 7) is -0.834. The molecule has 4 rings (SSSR count). The Hall–Kier alpha value is -2.55. The summed E-state index contributed by atoms with van der Waals surface area (Å²) in [4.78, 5) is 14.0. The van der Waals surface area contributed by atoms with Crippen LogP contribution in [0.4, 0.5) is 4.39 Å². The third-order valence-corrected chi connectivity index (χ3v) is 6.19. The molecule has 3 aromatic carbocycles. The summed E-state index contributed by atoms with van der Waals surface area (Å²) in [5.41, 5.74) is 0.479. The summed E-state index contributed by atoms with van der Waals surface area (Å²) < 4.78 is 27.4. The predicted molar refractivity (Wildman–Crippen MR) is 126 cm³/mol. The number of carbonyl (C=O) groups excluding carboxylic acids is 1. The van der Waals surface area contributed by atoms with Crippen LogP contribution in [0.5, 0.6) is 11.5 Å². The predicted octanol–water partition coefficient (Wildman–Crippen LogP) is 4.89. The van der Waals surface area contributed by atoms with E-state index in [0.717, 1.165) is 11.0 Å². The Bertz CT molecular complexity index is 1240. The highest BCUT2D eigenvalue weighted by Crippen LogP contribution is 2.51. The Balaban J connectivity index is 1.83. The molecule has 1 aliphatic rings. The second kappa shape index (κ2) is 9.98. The van der Waals surface area contributed by atoms with Gasteiger partial charge in [-0.25, -0.2) is 4.39 Å². The molecular weight excluding hydrogens is 508 g/mol. The number of aliphatic hydroxyl groups excluding tert-OH is 2. The molecule has 3 aromatic rings. The molecule has 2 N–H and O–H groups in total. The topological polar surface area (TPSA) is 79.2 Å². The molecule has 1 unspecified atom stereocenters. The Morgan fingerprint density at radius 3 is 2.12 bits per heavy atom. The van der Waals surface area contributed by atoms with Crippen molar-refractivity contribution in [3.63, 3.8) is 0 Å². The number of carbonyl (C=O) groups is 1. The van der Waals surface area contributed by atoms with Gasteiger partial charge in [-0.15, -0.1) is 0 Å². The van der Waals surface area contributed by atoms with Crippen molar-refractivity contribution < 1.29 is 28.9 Å². The van der Waals surface area contributed by atoms with Crippen molar-refractivity contribution in [3.8, 4) is 11.5 Å². The van der Waals surface area contributed by atoms with Gasteiger partial charge in [-0.3, -0.25) is 4.79 Å². The van der Waals surface area contributed by atoms with E-state index >= 15 is 4.39 Å². The zero-order chi connectivity index (χ0) is 24.5. The van der Waals surface area contributed by atoms with Gasteiger partial charge in [-0.05, 0) is 36.4 Å². The number of amides is 1. The fourth-order valence-electron chi connectivity index (χ4n) is 3.77. The van der Waals surface area contributed by atoms with E-state index in [-0.39, 0.29) is 48.4 Å². The number of halogens is 4. The smallest absolute Gasteiger partial charge is 0.308 e. The Kier molecular flexibility index (Phi) is 7.21. The highest BCUT2D eigenvalue weighted by molar-refractivity contribution is 6.35. The SMILES string of the molecule is O=C(c1cc2c(cc1F)OC(c1ccccc1Cl)(c1ccc(Cl)cc1Cl)O2)N(CCO)CCO. The molecule has 6 nitrogen and oxygen atoms in total.